The zero-order valence-electron chi connectivity index (χ0n) is 24.5. The van der Waals surface area contributed by atoms with Crippen LogP contribution in [0.2, 0.25) is 0 Å². The average Bonchev–Trinajstić information content (AvgIpc) is 3.85. The molecule has 2 heterocycles. The minimum absolute atomic E-state index is 0.129. The van der Waals surface area contributed by atoms with Crippen molar-refractivity contribution in [3.05, 3.63) is 76.5 Å². The smallest absolute Gasteiger partial charge is 0.251 e. The minimum atomic E-state index is -0.807. The molecule has 43 heavy (non-hydrogen) atoms. The maximum Gasteiger partial charge on any atom is 0.251 e. The summed E-state index contributed by atoms with van der Waals surface area (Å²) in [6, 6.07) is 18.8. The van der Waals surface area contributed by atoms with Gasteiger partial charge >= 0.3 is 0 Å². The van der Waals surface area contributed by atoms with Gasteiger partial charge in [0, 0.05) is 22.2 Å². The van der Waals surface area contributed by atoms with Gasteiger partial charge in [-0.15, -0.1) is 21.5 Å². The first-order valence-corrected chi connectivity index (χ1v) is 16.1. The van der Waals surface area contributed by atoms with Crippen LogP contribution in [-0.2, 0) is 16.1 Å². The van der Waals surface area contributed by atoms with E-state index < -0.39 is 6.04 Å². The standard InChI is InChI=1S/C33H38N6O3S/c1-42-28-19-15-25(16-20-28)32-35-37-38(36-32)22-30(40)39(27-17-13-24(14-18-27)23-8-3-2-4-9-23)31(29-12-7-21-43-29)33(41)34-26-10-5-6-11-26/h7,12-21,23,26,31H,2-6,8-11,22H2,1H3,(H,34,41)/t31-/m0/s1. The number of anilines is 1. The summed E-state index contributed by atoms with van der Waals surface area (Å²) in [6.45, 7) is -0.161. The second kappa shape index (κ2) is 13.5. The van der Waals surface area contributed by atoms with Crippen molar-refractivity contribution < 1.29 is 14.3 Å². The summed E-state index contributed by atoms with van der Waals surface area (Å²) in [5, 5.41) is 18.0. The van der Waals surface area contributed by atoms with E-state index in [0.717, 1.165) is 41.9 Å². The number of methoxy groups -OCH3 is 1. The van der Waals surface area contributed by atoms with Crippen LogP contribution in [0.3, 0.4) is 0 Å². The van der Waals surface area contributed by atoms with Gasteiger partial charge in [0.25, 0.3) is 5.91 Å². The number of benzene rings is 2. The molecule has 0 spiro atoms. The highest BCUT2D eigenvalue weighted by Gasteiger charge is 2.35. The van der Waals surface area contributed by atoms with Crippen molar-refractivity contribution in [1.29, 1.82) is 0 Å². The third-order valence-electron chi connectivity index (χ3n) is 8.62. The van der Waals surface area contributed by atoms with Crippen LogP contribution in [0.4, 0.5) is 5.69 Å². The molecule has 2 aliphatic rings. The van der Waals surface area contributed by atoms with Gasteiger partial charge in [-0.2, -0.15) is 4.80 Å². The van der Waals surface area contributed by atoms with E-state index in [1.165, 1.54) is 53.8 Å². The Labute approximate surface area is 256 Å². The predicted molar refractivity (Wildman–Crippen MR) is 167 cm³/mol. The number of aromatic nitrogens is 4. The normalized spacial score (nSPS) is 16.6. The number of nitrogens with zero attached hydrogens (tertiary/aromatic N) is 5. The molecule has 4 aromatic rings. The molecule has 2 aromatic heterocycles. The van der Waals surface area contributed by atoms with Gasteiger partial charge in [-0.05, 0) is 90.2 Å². The van der Waals surface area contributed by atoms with Crippen LogP contribution in [0.1, 0.15) is 80.2 Å². The summed E-state index contributed by atoms with van der Waals surface area (Å²) in [7, 11) is 1.61. The third-order valence-corrected chi connectivity index (χ3v) is 9.54. The van der Waals surface area contributed by atoms with Crippen LogP contribution >= 0.6 is 11.3 Å². The summed E-state index contributed by atoms with van der Waals surface area (Å²) in [6.07, 6.45) is 10.3. The molecule has 9 nitrogen and oxygen atoms in total. The van der Waals surface area contributed by atoms with Gasteiger partial charge in [-0.3, -0.25) is 14.5 Å². The van der Waals surface area contributed by atoms with Gasteiger partial charge in [-0.25, -0.2) is 0 Å². The third kappa shape index (κ3) is 6.80. The highest BCUT2D eigenvalue weighted by Crippen LogP contribution is 2.36. The monoisotopic (exact) mass is 598 g/mol. The van der Waals surface area contributed by atoms with Crippen molar-refractivity contribution in [2.45, 2.75) is 82.3 Å². The van der Waals surface area contributed by atoms with E-state index >= 15 is 0 Å². The molecule has 0 bridgehead atoms. The molecule has 2 saturated carbocycles. The lowest BCUT2D eigenvalue weighted by Crippen LogP contribution is -2.47. The molecule has 1 N–H and O–H groups in total. The molecule has 6 rings (SSSR count). The average molecular weight is 599 g/mol. The molecule has 0 radical (unpaired) electrons. The summed E-state index contributed by atoms with van der Waals surface area (Å²) in [5.41, 5.74) is 2.74. The van der Waals surface area contributed by atoms with E-state index in [9.17, 15) is 9.59 Å². The molecule has 2 aromatic carbocycles. The molecule has 10 heteroatoms. The zero-order chi connectivity index (χ0) is 29.6. The Morgan fingerprint density at radius 1 is 0.977 bits per heavy atom. The Morgan fingerprint density at radius 3 is 2.37 bits per heavy atom. The number of hydrogen-bond acceptors (Lipinski definition) is 7. The number of rotatable bonds is 10. The molecule has 0 unspecified atom stereocenters. The van der Waals surface area contributed by atoms with Crippen molar-refractivity contribution in [2.24, 2.45) is 0 Å². The number of carbonyl (C=O) groups is 2. The van der Waals surface area contributed by atoms with Crippen molar-refractivity contribution in [3.63, 3.8) is 0 Å². The van der Waals surface area contributed by atoms with Crippen molar-refractivity contribution in [2.75, 3.05) is 12.0 Å². The topological polar surface area (TPSA) is 102 Å². The Bertz CT molecular complexity index is 1490. The molecule has 1 atom stereocenters. The highest BCUT2D eigenvalue weighted by molar-refractivity contribution is 7.10. The van der Waals surface area contributed by atoms with E-state index in [1.54, 1.807) is 12.0 Å². The lowest BCUT2D eigenvalue weighted by molar-refractivity contribution is -0.127. The number of tetrazole rings is 1. The van der Waals surface area contributed by atoms with E-state index in [1.807, 2.05) is 53.9 Å². The first-order valence-electron chi connectivity index (χ1n) is 15.3. The lowest BCUT2D eigenvalue weighted by Gasteiger charge is -2.32. The van der Waals surface area contributed by atoms with Gasteiger partial charge in [0.1, 0.15) is 18.3 Å². The van der Waals surface area contributed by atoms with E-state index in [4.69, 9.17) is 4.74 Å². The quantitative estimate of drug-likeness (QED) is 0.230. The largest absolute Gasteiger partial charge is 0.497 e. The Morgan fingerprint density at radius 2 is 1.70 bits per heavy atom. The van der Waals surface area contributed by atoms with Crippen LogP contribution in [0.15, 0.2) is 66.0 Å². The van der Waals surface area contributed by atoms with Crippen LogP contribution in [-0.4, -0.2) is 45.2 Å². The number of nitrogens with one attached hydrogen (secondary N) is 1. The van der Waals surface area contributed by atoms with E-state index in [-0.39, 0.29) is 24.4 Å². The number of carbonyl (C=O) groups excluding carboxylic acids is 2. The fourth-order valence-electron chi connectivity index (χ4n) is 6.31. The fraction of sp³-hybridized carbons (Fsp3) is 0.424. The summed E-state index contributed by atoms with van der Waals surface area (Å²) < 4.78 is 5.24. The molecule has 2 aliphatic carbocycles. The molecule has 224 valence electrons. The minimum Gasteiger partial charge on any atom is -0.497 e. The second-order valence-corrected chi connectivity index (χ2v) is 12.4. The van der Waals surface area contributed by atoms with Crippen LogP contribution < -0.4 is 15.0 Å². The number of hydrogen-bond donors (Lipinski definition) is 1. The summed E-state index contributed by atoms with van der Waals surface area (Å²) >= 11 is 1.48. The fourth-order valence-corrected chi connectivity index (χ4v) is 7.13. The van der Waals surface area contributed by atoms with Gasteiger partial charge in [0.2, 0.25) is 11.7 Å². The van der Waals surface area contributed by atoms with Gasteiger partial charge in [-0.1, -0.05) is 50.3 Å². The summed E-state index contributed by atoms with van der Waals surface area (Å²) in [4.78, 5) is 31.9. The number of ether oxygens (including phenoxy) is 1. The van der Waals surface area contributed by atoms with Crippen molar-refractivity contribution in [3.8, 4) is 17.1 Å². The molecular formula is C33H38N6O3S. The highest BCUT2D eigenvalue weighted by atomic mass is 32.1. The van der Waals surface area contributed by atoms with E-state index in [0.29, 0.717) is 17.4 Å². The van der Waals surface area contributed by atoms with Crippen molar-refractivity contribution in [1.82, 2.24) is 25.5 Å². The van der Waals surface area contributed by atoms with Crippen LogP contribution in [0.5, 0.6) is 5.75 Å². The lowest BCUT2D eigenvalue weighted by atomic mass is 9.84. The molecule has 2 amide bonds. The first-order chi connectivity index (χ1) is 21.1. The number of thiophene rings is 1. The predicted octanol–water partition coefficient (Wildman–Crippen LogP) is 6.29. The zero-order valence-corrected chi connectivity index (χ0v) is 25.3. The Kier molecular flexibility index (Phi) is 9.12. The van der Waals surface area contributed by atoms with E-state index in [2.05, 4.69) is 32.9 Å². The van der Waals surface area contributed by atoms with Crippen LogP contribution in [0.25, 0.3) is 11.4 Å². The van der Waals surface area contributed by atoms with Crippen LogP contribution in [0, 0.1) is 0 Å². The number of amides is 2. The first kappa shape index (κ1) is 29.0. The van der Waals surface area contributed by atoms with Crippen molar-refractivity contribution >= 4 is 28.8 Å². The Balaban J connectivity index is 1.31. The molecule has 2 fully saturated rings. The van der Waals surface area contributed by atoms with Gasteiger partial charge in [0.15, 0.2) is 0 Å². The molecule has 0 aliphatic heterocycles. The maximum atomic E-state index is 14.2. The Hall–Kier alpha value is -4.05. The van der Waals surface area contributed by atoms with Gasteiger partial charge in [0.05, 0.1) is 7.11 Å². The maximum absolute atomic E-state index is 14.2. The summed E-state index contributed by atoms with van der Waals surface area (Å²) in [5.74, 6) is 1.23. The van der Waals surface area contributed by atoms with Gasteiger partial charge < -0.3 is 10.1 Å². The SMILES string of the molecule is COc1ccc(-c2nnn(CC(=O)N(c3ccc(C4CCCCC4)cc3)[C@H](C(=O)NC3CCCC3)c3cccs3)n2)cc1. The second-order valence-electron chi connectivity index (χ2n) is 11.5. The molecule has 0 saturated heterocycles. The molecular weight excluding hydrogens is 560 g/mol.